The van der Waals surface area contributed by atoms with Crippen molar-refractivity contribution in [1.29, 1.82) is 5.26 Å². The van der Waals surface area contributed by atoms with Gasteiger partial charge in [-0.15, -0.1) is 0 Å². The number of ether oxygens (including phenoxy) is 1. The molecule has 1 unspecified atom stereocenters. The number of hydrogen-bond acceptors (Lipinski definition) is 5. The number of imide groups is 1. The Bertz CT molecular complexity index is 882. The van der Waals surface area contributed by atoms with Gasteiger partial charge in [-0.3, -0.25) is 10.1 Å². The molecular formula is C22H24N4O3. The predicted octanol–water partition coefficient (Wildman–Crippen LogP) is 3.92. The fourth-order valence-corrected chi connectivity index (χ4v) is 3.18. The Morgan fingerprint density at radius 1 is 1.03 bits per heavy atom. The molecule has 7 heteroatoms. The third kappa shape index (κ3) is 5.98. The first-order chi connectivity index (χ1) is 14.0. The van der Waals surface area contributed by atoms with Crippen molar-refractivity contribution in [3.63, 3.8) is 0 Å². The number of carbonyl (C=O) groups excluding carboxylic acids is 2. The molecule has 150 valence electrons. The Labute approximate surface area is 170 Å². The lowest BCUT2D eigenvalue weighted by molar-refractivity contribution is -0.120. The smallest absolute Gasteiger partial charge is 0.321 e. The van der Waals surface area contributed by atoms with Crippen molar-refractivity contribution in [1.82, 2.24) is 10.6 Å². The lowest BCUT2D eigenvalue weighted by Crippen LogP contribution is -2.48. The van der Waals surface area contributed by atoms with Crippen LogP contribution in [0.2, 0.25) is 0 Å². The number of urea groups is 1. The first kappa shape index (κ1) is 20.2. The van der Waals surface area contributed by atoms with Crippen molar-refractivity contribution in [2.45, 2.75) is 44.7 Å². The highest BCUT2D eigenvalue weighted by Crippen LogP contribution is 2.23. The second-order valence-corrected chi connectivity index (χ2v) is 7.07. The lowest BCUT2D eigenvalue weighted by atomic mass is 10.2. The maximum Gasteiger partial charge on any atom is 0.321 e. The average Bonchev–Trinajstić information content (AvgIpc) is 3.22. The third-order valence-electron chi connectivity index (χ3n) is 4.78. The molecule has 1 aliphatic carbocycles. The second kappa shape index (κ2) is 9.60. The molecule has 0 saturated heterocycles. The van der Waals surface area contributed by atoms with E-state index in [0.717, 1.165) is 31.4 Å². The van der Waals surface area contributed by atoms with Crippen LogP contribution < -0.4 is 20.7 Å². The van der Waals surface area contributed by atoms with E-state index < -0.39 is 18.0 Å². The van der Waals surface area contributed by atoms with Gasteiger partial charge in [-0.05, 0) is 68.3 Å². The van der Waals surface area contributed by atoms with Crippen LogP contribution in [-0.2, 0) is 4.79 Å². The number of hydrogen-bond donors (Lipinski definition) is 3. The van der Waals surface area contributed by atoms with E-state index in [2.05, 4.69) is 22.0 Å². The van der Waals surface area contributed by atoms with Crippen molar-refractivity contribution in [3.05, 3.63) is 54.1 Å². The number of carbonyl (C=O) groups is 2. The molecule has 29 heavy (non-hydrogen) atoms. The molecule has 0 aromatic heterocycles. The molecule has 0 aliphatic heterocycles. The highest BCUT2D eigenvalue weighted by atomic mass is 16.5. The molecular weight excluding hydrogens is 368 g/mol. The van der Waals surface area contributed by atoms with Crippen LogP contribution in [0.5, 0.6) is 11.5 Å². The predicted molar refractivity (Wildman–Crippen MR) is 110 cm³/mol. The molecule has 1 saturated carbocycles. The molecule has 0 bridgehead atoms. The monoisotopic (exact) mass is 392 g/mol. The van der Waals surface area contributed by atoms with Crippen LogP contribution in [-0.4, -0.2) is 24.0 Å². The van der Waals surface area contributed by atoms with E-state index in [0.29, 0.717) is 17.1 Å². The largest absolute Gasteiger partial charge is 0.457 e. The van der Waals surface area contributed by atoms with E-state index in [4.69, 9.17) is 10.00 Å². The fourth-order valence-electron chi connectivity index (χ4n) is 3.18. The molecule has 3 rings (SSSR count). The van der Waals surface area contributed by atoms with Crippen LogP contribution in [0.25, 0.3) is 0 Å². The number of benzene rings is 2. The van der Waals surface area contributed by atoms with Crippen LogP contribution in [0, 0.1) is 11.3 Å². The van der Waals surface area contributed by atoms with Gasteiger partial charge in [0.2, 0.25) is 5.91 Å². The van der Waals surface area contributed by atoms with Gasteiger partial charge in [0.15, 0.2) is 0 Å². The number of amides is 3. The molecule has 0 radical (unpaired) electrons. The molecule has 1 fully saturated rings. The molecule has 2 aromatic rings. The van der Waals surface area contributed by atoms with Crippen molar-refractivity contribution >= 4 is 17.6 Å². The minimum absolute atomic E-state index is 0.162. The third-order valence-corrected chi connectivity index (χ3v) is 4.78. The Morgan fingerprint density at radius 2 is 1.62 bits per heavy atom. The van der Waals surface area contributed by atoms with Crippen molar-refractivity contribution in [2.24, 2.45) is 0 Å². The van der Waals surface area contributed by atoms with E-state index in [1.54, 1.807) is 55.5 Å². The number of rotatable bonds is 6. The van der Waals surface area contributed by atoms with Crippen LogP contribution in [0.15, 0.2) is 48.5 Å². The molecule has 0 spiro atoms. The van der Waals surface area contributed by atoms with Gasteiger partial charge in [0.05, 0.1) is 11.6 Å². The highest BCUT2D eigenvalue weighted by molar-refractivity contribution is 5.98. The zero-order valence-electron chi connectivity index (χ0n) is 16.3. The summed E-state index contributed by atoms with van der Waals surface area (Å²) in [5, 5.41) is 17.1. The second-order valence-electron chi connectivity index (χ2n) is 7.07. The lowest BCUT2D eigenvalue weighted by Gasteiger charge is -2.17. The van der Waals surface area contributed by atoms with Gasteiger partial charge in [-0.2, -0.15) is 5.26 Å². The van der Waals surface area contributed by atoms with Crippen molar-refractivity contribution < 1.29 is 14.3 Å². The molecule has 0 heterocycles. The SMILES string of the molecule is CC(Nc1ccc(Oc2ccc(C#N)cc2)cc1)C(=O)NC(=O)NC1CCCC1. The molecule has 1 atom stereocenters. The topological polar surface area (TPSA) is 103 Å². The number of anilines is 1. The number of nitrogens with zero attached hydrogens (tertiary/aromatic N) is 1. The average molecular weight is 392 g/mol. The van der Waals surface area contributed by atoms with Gasteiger partial charge in [-0.1, -0.05) is 12.8 Å². The van der Waals surface area contributed by atoms with Gasteiger partial charge in [0.25, 0.3) is 0 Å². The normalized spacial score (nSPS) is 14.5. The number of nitrogens with one attached hydrogen (secondary N) is 3. The first-order valence-electron chi connectivity index (χ1n) is 9.69. The van der Waals surface area contributed by atoms with Gasteiger partial charge < -0.3 is 15.4 Å². The molecule has 3 N–H and O–H groups in total. The Balaban J connectivity index is 1.48. The maximum atomic E-state index is 12.2. The maximum absolute atomic E-state index is 12.2. The Kier molecular flexibility index (Phi) is 6.69. The van der Waals surface area contributed by atoms with E-state index in [1.165, 1.54) is 0 Å². The summed E-state index contributed by atoms with van der Waals surface area (Å²) in [7, 11) is 0. The minimum atomic E-state index is -0.574. The zero-order chi connectivity index (χ0) is 20.6. The Morgan fingerprint density at radius 3 is 2.21 bits per heavy atom. The molecule has 2 aromatic carbocycles. The van der Waals surface area contributed by atoms with Gasteiger partial charge in [0, 0.05) is 11.7 Å². The summed E-state index contributed by atoms with van der Waals surface area (Å²) >= 11 is 0. The fraction of sp³-hybridized carbons (Fsp3) is 0.318. The summed E-state index contributed by atoms with van der Waals surface area (Å²) in [6.45, 7) is 1.69. The van der Waals surface area contributed by atoms with E-state index in [9.17, 15) is 9.59 Å². The summed E-state index contributed by atoms with van der Waals surface area (Å²) in [4.78, 5) is 24.1. The molecule has 7 nitrogen and oxygen atoms in total. The van der Waals surface area contributed by atoms with Crippen LogP contribution in [0.3, 0.4) is 0 Å². The molecule has 1 aliphatic rings. The highest BCUT2D eigenvalue weighted by Gasteiger charge is 2.20. The van der Waals surface area contributed by atoms with E-state index in [-0.39, 0.29) is 6.04 Å². The Hall–Kier alpha value is -3.53. The summed E-state index contributed by atoms with van der Waals surface area (Å²) in [5.74, 6) is 0.873. The minimum Gasteiger partial charge on any atom is -0.457 e. The first-order valence-corrected chi connectivity index (χ1v) is 9.69. The standard InChI is InChI=1S/C22H24N4O3/c1-15(21(27)26-22(28)25-17-4-2-3-5-17)24-18-8-12-20(13-9-18)29-19-10-6-16(14-23)7-11-19/h6-13,15,17,24H,2-5H2,1H3,(H2,25,26,27,28). The quantitative estimate of drug-likeness (QED) is 0.691. The van der Waals surface area contributed by atoms with Gasteiger partial charge in [-0.25, -0.2) is 4.79 Å². The summed E-state index contributed by atoms with van der Waals surface area (Å²) in [5.41, 5.74) is 1.30. The van der Waals surface area contributed by atoms with E-state index >= 15 is 0 Å². The van der Waals surface area contributed by atoms with Crippen LogP contribution in [0.4, 0.5) is 10.5 Å². The van der Waals surface area contributed by atoms with Crippen LogP contribution >= 0.6 is 0 Å². The van der Waals surface area contributed by atoms with Crippen LogP contribution in [0.1, 0.15) is 38.2 Å². The molecule has 3 amide bonds. The van der Waals surface area contributed by atoms with Gasteiger partial charge >= 0.3 is 6.03 Å². The summed E-state index contributed by atoms with van der Waals surface area (Å²) in [6.07, 6.45) is 4.15. The zero-order valence-corrected chi connectivity index (χ0v) is 16.3. The summed E-state index contributed by atoms with van der Waals surface area (Å²) < 4.78 is 5.73. The van der Waals surface area contributed by atoms with Crippen molar-refractivity contribution in [3.8, 4) is 17.6 Å². The van der Waals surface area contributed by atoms with Gasteiger partial charge in [0.1, 0.15) is 17.5 Å². The number of nitriles is 1. The summed E-state index contributed by atoms with van der Waals surface area (Å²) in [6, 6.07) is 15.2. The van der Waals surface area contributed by atoms with E-state index in [1.807, 2.05) is 0 Å². The van der Waals surface area contributed by atoms with Crippen molar-refractivity contribution in [2.75, 3.05) is 5.32 Å².